The van der Waals surface area contributed by atoms with Crippen molar-refractivity contribution in [2.75, 3.05) is 5.32 Å². The number of nitrogens with one attached hydrogen (secondary N) is 1. The summed E-state index contributed by atoms with van der Waals surface area (Å²) in [7, 11) is 0. The van der Waals surface area contributed by atoms with Crippen molar-refractivity contribution in [3.8, 4) is 0 Å². The third-order valence-corrected chi connectivity index (χ3v) is 15.4. The normalized spacial score (nSPS) is 11.5. The van der Waals surface area contributed by atoms with Gasteiger partial charge in [0, 0.05) is 77.6 Å². The van der Waals surface area contributed by atoms with Gasteiger partial charge in [0.2, 0.25) is 0 Å². The second-order valence-electron chi connectivity index (χ2n) is 6.40. The highest BCUT2D eigenvalue weighted by Crippen LogP contribution is 2.49. The van der Waals surface area contributed by atoms with Gasteiger partial charge in [0.1, 0.15) is 0 Å². The van der Waals surface area contributed by atoms with Gasteiger partial charge in [-0.1, -0.05) is 31.9 Å². The predicted octanol–water partition coefficient (Wildman–Crippen LogP) is 13.4. The topological polar surface area (TPSA) is 12.0 Å². The molecule has 0 unspecified atom stereocenters. The molecule has 0 fully saturated rings. The highest BCUT2D eigenvalue weighted by molar-refractivity contribution is 9.16. The molecule has 0 spiro atoms. The monoisotopic (exact) mass is 1050 g/mol. The molecule has 11 heteroatoms. The van der Waals surface area contributed by atoms with Crippen molar-refractivity contribution >= 4 is 192 Å². The first kappa shape index (κ1) is 26.1. The van der Waals surface area contributed by atoms with Crippen molar-refractivity contribution < 1.29 is 0 Å². The summed E-state index contributed by atoms with van der Waals surface area (Å²) in [5.74, 6) is 0. The SMILES string of the molecule is Brc1c(Br)c(Br)c2c(Br)cc(Nc3cc(Br)c4c(Br)c(Br)c(Br)c(Br)c4c3)cc2c1Br. The minimum Gasteiger partial charge on any atom is -0.355 e. The summed E-state index contributed by atoms with van der Waals surface area (Å²) in [5, 5.41) is 7.83. The first-order valence-electron chi connectivity index (χ1n) is 8.20. The van der Waals surface area contributed by atoms with E-state index >= 15 is 0 Å². The number of hydrogen-bond donors (Lipinski definition) is 1. The Hall–Kier alpha value is 2.00. The van der Waals surface area contributed by atoms with Crippen LogP contribution in [0, 0.1) is 0 Å². The zero-order valence-corrected chi connectivity index (χ0v) is 30.4. The van der Waals surface area contributed by atoms with E-state index in [0.717, 1.165) is 77.6 Å². The van der Waals surface area contributed by atoms with Crippen LogP contribution >= 0.6 is 159 Å². The summed E-state index contributed by atoms with van der Waals surface area (Å²) < 4.78 is 9.68. The average molecular weight is 1060 g/mol. The molecule has 0 aliphatic heterocycles. The molecule has 4 aromatic carbocycles. The van der Waals surface area contributed by atoms with Crippen molar-refractivity contribution in [2.45, 2.75) is 0 Å². The maximum Gasteiger partial charge on any atom is 0.0477 e. The van der Waals surface area contributed by atoms with Crippen molar-refractivity contribution in [1.29, 1.82) is 0 Å². The van der Waals surface area contributed by atoms with Gasteiger partial charge in [0.25, 0.3) is 0 Å². The van der Waals surface area contributed by atoms with Crippen molar-refractivity contribution in [3.05, 3.63) is 69.0 Å². The van der Waals surface area contributed by atoms with E-state index in [2.05, 4.69) is 189 Å². The smallest absolute Gasteiger partial charge is 0.0477 e. The molecule has 0 heterocycles. The summed E-state index contributed by atoms with van der Waals surface area (Å²) in [6.45, 7) is 0. The summed E-state index contributed by atoms with van der Waals surface area (Å²) in [6, 6.07) is 8.38. The zero-order valence-electron chi connectivity index (χ0n) is 14.6. The van der Waals surface area contributed by atoms with Crippen LogP contribution in [0.15, 0.2) is 69.0 Å². The fraction of sp³-hybridized carbons (Fsp3) is 0. The largest absolute Gasteiger partial charge is 0.355 e. The Morgan fingerprint density at radius 2 is 0.710 bits per heavy atom. The molecule has 1 nitrogen and oxygen atoms in total. The molecule has 160 valence electrons. The molecule has 4 rings (SSSR count). The summed E-state index contributed by atoms with van der Waals surface area (Å²) >= 11 is 36.9. The third-order valence-electron chi connectivity index (χ3n) is 4.54. The maximum absolute atomic E-state index is 3.74. The van der Waals surface area contributed by atoms with Gasteiger partial charge in [0.05, 0.1) is 0 Å². The third kappa shape index (κ3) is 4.73. The van der Waals surface area contributed by atoms with Gasteiger partial charge in [-0.3, -0.25) is 0 Å². The van der Waals surface area contributed by atoms with Crippen molar-refractivity contribution in [2.24, 2.45) is 0 Å². The fourth-order valence-electron chi connectivity index (χ4n) is 3.16. The van der Waals surface area contributed by atoms with E-state index in [9.17, 15) is 0 Å². The molecule has 0 aromatic heterocycles. The van der Waals surface area contributed by atoms with E-state index in [4.69, 9.17) is 0 Å². The highest BCUT2D eigenvalue weighted by Gasteiger charge is 2.19. The Morgan fingerprint density at radius 3 is 1.06 bits per heavy atom. The summed E-state index contributed by atoms with van der Waals surface area (Å²) in [5.41, 5.74) is 1.91. The Balaban J connectivity index is 1.90. The Bertz CT molecular complexity index is 1310. The lowest BCUT2D eigenvalue weighted by atomic mass is 10.1. The number of benzene rings is 4. The lowest BCUT2D eigenvalue weighted by molar-refractivity contribution is 1.51. The first-order chi connectivity index (χ1) is 14.5. The highest BCUT2D eigenvalue weighted by atomic mass is 79.9. The second-order valence-corrected chi connectivity index (χ2v) is 14.5. The van der Waals surface area contributed by atoms with Crippen molar-refractivity contribution in [1.82, 2.24) is 0 Å². The van der Waals surface area contributed by atoms with Crippen LogP contribution in [-0.2, 0) is 0 Å². The van der Waals surface area contributed by atoms with E-state index in [-0.39, 0.29) is 0 Å². The van der Waals surface area contributed by atoms with E-state index < -0.39 is 0 Å². The first-order valence-corrected chi connectivity index (χ1v) is 16.1. The lowest BCUT2D eigenvalue weighted by Gasteiger charge is -2.16. The van der Waals surface area contributed by atoms with Crippen LogP contribution in [0.3, 0.4) is 0 Å². The van der Waals surface area contributed by atoms with Gasteiger partial charge < -0.3 is 5.32 Å². The zero-order chi connectivity index (χ0) is 22.8. The van der Waals surface area contributed by atoms with Crippen molar-refractivity contribution in [3.63, 3.8) is 0 Å². The summed E-state index contributed by atoms with van der Waals surface area (Å²) in [6.07, 6.45) is 0. The molecule has 0 atom stereocenters. The van der Waals surface area contributed by atoms with E-state index in [1.165, 1.54) is 0 Å². The molecule has 0 aliphatic carbocycles. The number of rotatable bonds is 2. The Labute approximate surface area is 262 Å². The van der Waals surface area contributed by atoms with Crippen LogP contribution < -0.4 is 5.32 Å². The van der Waals surface area contributed by atoms with E-state index in [0.29, 0.717) is 0 Å². The predicted molar refractivity (Wildman–Crippen MR) is 168 cm³/mol. The van der Waals surface area contributed by atoms with Crippen LogP contribution in [0.25, 0.3) is 21.5 Å². The number of fused-ring (bicyclic) bond motifs is 2. The van der Waals surface area contributed by atoms with Crippen LogP contribution in [0.1, 0.15) is 0 Å². The molecule has 0 bridgehead atoms. The van der Waals surface area contributed by atoms with E-state index in [1.807, 2.05) is 0 Å². The van der Waals surface area contributed by atoms with E-state index in [1.54, 1.807) is 0 Å². The van der Waals surface area contributed by atoms with Gasteiger partial charge in [-0.15, -0.1) is 0 Å². The minimum atomic E-state index is 0.952. The Kier molecular flexibility index (Phi) is 8.55. The quantitative estimate of drug-likeness (QED) is 0.156. The number of halogens is 10. The molecule has 0 saturated carbocycles. The standard InChI is InChI=1S/C20H5Br10N/c21-9-3-5(1-7-11(9)15(25)19(29)17(27)13(7)23)31-6-2-8-12(10(22)4-6)16(26)20(30)18(28)14(8)24/h1-4,31H. The second kappa shape index (κ2) is 10.2. The Morgan fingerprint density at radius 1 is 0.387 bits per heavy atom. The maximum atomic E-state index is 3.74. The molecule has 0 radical (unpaired) electrons. The van der Waals surface area contributed by atoms with Gasteiger partial charge in [0.15, 0.2) is 0 Å². The van der Waals surface area contributed by atoms with Crippen LogP contribution in [0.5, 0.6) is 0 Å². The number of anilines is 2. The van der Waals surface area contributed by atoms with Gasteiger partial charge >= 0.3 is 0 Å². The number of hydrogen-bond acceptors (Lipinski definition) is 1. The molecular formula is C20H5Br10N. The molecule has 4 aromatic rings. The molecule has 31 heavy (non-hydrogen) atoms. The molecular weight excluding hydrogens is 1050 g/mol. The molecule has 1 N–H and O–H groups in total. The summed E-state index contributed by atoms with van der Waals surface area (Å²) in [4.78, 5) is 0. The fourth-order valence-corrected chi connectivity index (χ4v) is 9.96. The van der Waals surface area contributed by atoms with Gasteiger partial charge in [-0.2, -0.15) is 0 Å². The van der Waals surface area contributed by atoms with Crippen LogP contribution in [0.2, 0.25) is 0 Å². The average Bonchev–Trinajstić information content (AvgIpc) is 2.72. The van der Waals surface area contributed by atoms with Crippen LogP contribution in [-0.4, -0.2) is 0 Å². The lowest BCUT2D eigenvalue weighted by Crippen LogP contribution is -1.94. The van der Waals surface area contributed by atoms with Crippen LogP contribution in [0.4, 0.5) is 11.4 Å². The van der Waals surface area contributed by atoms with Gasteiger partial charge in [-0.05, 0) is 152 Å². The molecule has 0 amide bonds. The van der Waals surface area contributed by atoms with Gasteiger partial charge in [-0.25, -0.2) is 0 Å². The minimum absolute atomic E-state index is 0.952. The molecule has 0 saturated heterocycles. The molecule has 0 aliphatic rings.